The molecular weight excluding hydrogens is 925 g/mol. The Labute approximate surface area is 472 Å². The van der Waals surface area contributed by atoms with E-state index in [4.69, 9.17) is 0 Å². The Kier molecular flexibility index (Phi) is 33.3. The van der Waals surface area contributed by atoms with Crippen LogP contribution in [0.1, 0.15) is 129 Å². The van der Waals surface area contributed by atoms with Gasteiger partial charge in [-0.05, 0) is 219 Å². The second-order valence-electron chi connectivity index (χ2n) is 21.1. The molecule has 0 aliphatic heterocycles. The molecular formula is C77H100. The van der Waals surface area contributed by atoms with Gasteiger partial charge in [0, 0.05) is 0 Å². The van der Waals surface area contributed by atoms with Crippen molar-refractivity contribution in [2.45, 2.75) is 159 Å². The fourth-order valence-corrected chi connectivity index (χ4v) is 7.89. The number of benzene rings is 9. The molecule has 0 aliphatic carbocycles. The average Bonchev–Trinajstić information content (AvgIpc) is 3.37. The molecule has 0 radical (unpaired) electrons. The first-order chi connectivity index (χ1) is 36.3. The van der Waals surface area contributed by atoms with Crippen molar-refractivity contribution in [2.24, 2.45) is 0 Å². The minimum Gasteiger partial charge on any atom is -0.0622 e. The number of hydrogen-bond acceptors (Lipinski definition) is 0. The molecule has 0 spiro atoms. The Morgan fingerprint density at radius 1 is 0.182 bits per heavy atom. The fraction of sp³-hybridized carbons (Fsp3) is 0.299. The van der Waals surface area contributed by atoms with Crippen LogP contribution in [0.2, 0.25) is 0 Å². The Hall–Kier alpha value is -7.02. The lowest BCUT2D eigenvalue weighted by Gasteiger charge is -2.04. The van der Waals surface area contributed by atoms with Gasteiger partial charge >= 0.3 is 0 Å². The van der Waals surface area contributed by atoms with Crippen molar-refractivity contribution < 1.29 is 0 Å². The molecule has 9 rings (SSSR count). The topological polar surface area (TPSA) is 0 Å². The van der Waals surface area contributed by atoms with E-state index in [-0.39, 0.29) is 0 Å². The summed E-state index contributed by atoms with van der Waals surface area (Å²) in [5.41, 5.74) is 30.2. The Morgan fingerprint density at radius 3 is 0.766 bits per heavy atom. The van der Waals surface area contributed by atoms with E-state index in [1.807, 2.05) is 18.2 Å². The van der Waals surface area contributed by atoms with Gasteiger partial charge in [0.05, 0.1) is 0 Å². The van der Waals surface area contributed by atoms with Crippen molar-refractivity contribution in [3.8, 4) is 0 Å². The largest absolute Gasteiger partial charge is 0.0622 e. The molecule has 0 saturated heterocycles. The summed E-state index contributed by atoms with van der Waals surface area (Å²) < 4.78 is 0. The molecule has 0 aromatic heterocycles. The summed E-state index contributed by atoms with van der Waals surface area (Å²) >= 11 is 0. The minimum absolute atomic E-state index is 1.15. The van der Waals surface area contributed by atoms with Crippen molar-refractivity contribution in [1.29, 1.82) is 0 Å². The monoisotopic (exact) mass is 1020 g/mol. The second kappa shape index (κ2) is 37.7. The molecule has 0 aliphatic rings. The summed E-state index contributed by atoms with van der Waals surface area (Å²) in [4.78, 5) is 0. The first-order valence-corrected chi connectivity index (χ1v) is 27.6. The maximum absolute atomic E-state index is 2.22. The van der Waals surface area contributed by atoms with Crippen LogP contribution in [0.25, 0.3) is 0 Å². The normalized spacial score (nSPS) is 9.48. The van der Waals surface area contributed by atoms with E-state index in [1.54, 1.807) is 0 Å². The van der Waals surface area contributed by atoms with Gasteiger partial charge in [0.1, 0.15) is 0 Å². The Bertz CT molecular complexity index is 2880. The van der Waals surface area contributed by atoms with Crippen LogP contribution >= 0.6 is 0 Å². The van der Waals surface area contributed by atoms with E-state index in [2.05, 4.69) is 328 Å². The standard InChI is InChI=1S/C10H14.4C9H12.3C8H10.C7H8/c1-7-5-8(2)10(4)9(3)6-7;1-7-4-8(2)6-9(3)5-7;1-7-4-5-8(2)9(3)6-7;1-7-5-4-6-8(2)9(7)3;1-3-9-7-5-4-6-8(9)2;1-7-3-5-8(2)6-4-7;1-7-4-3-5-8(2)6-7;1-7-5-3-4-6-8(7)2;1-7-5-3-2-4-6-7/h5-6H,1-4H3;3*4-6H,1-3H3;4-7H,3H2,1-2H3;3*3-6H,1-2H3;2-6H,1H3. The first kappa shape index (κ1) is 68.0. The lowest BCUT2D eigenvalue weighted by Crippen LogP contribution is -1.86. The average molecular weight is 1030 g/mol. The molecule has 0 heteroatoms. The lowest BCUT2D eigenvalue weighted by molar-refractivity contribution is 1.11. The maximum Gasteiger partial charge on any atom is -0.0305 e. The van der Waals surface area contributed by atoms with Crippen molar-refractivity contribution >= 4 is 0 Å². The fourth-order valence-electron chi connectivity index (χ4n) is 7.89. The third-order valence-corrected chi connectivity index (χ3v) is 13.4. The van der Waals surface area contributed by atoms with E-state index in [9.17, 15) is 0 Å². The van der Waals surface area contributed by atoms with Crippen molar-refractivity contribution in [2.75, 3.05) is 0 Å². The lowest BCUT2D eigenvalue weighted by atomic mass is 10.0. The second-order valence-corrected chi connectivity index (χ2v) is 21.1. The summed E-state index contributed by atoms with van der Waals surface area (Å²) in [5, 5.41) is 0. The van der Waals surface area contributed by atoms with E-state index < -0.39 is 0 Å². The van der Waals surface area contributed by atoms with Crippen LogP contribution in [-0.2, 0) is 6.42 Å². The van der Waals surface area contributed by atoms with Gasteiger partial charge in [0.15, 0.2) is 0 Å². The maximum atomic E-state index is 2.22. The molecule has 0 heterocycles. The van der Waals surface area contributed by atoms with Gasteiger partial charge in [-0.3, -0.25) is 0 Å². The Morgan fingerprint density at radius 2 is 0.455 bits per heavy atom. The van der Waals surface area contributed by atoms with Crippen LogP contribution in [0.3, 0.4) is 0 Å². The highest BCUT2D eigenvalue weighted by Crippen LogP contribution is 2.15. The highest BCUT2D eigenvalue weighted by atomic mass is 14.0. The van der Waals surface area contributed by atoms with Gasteiger partial charge in [-0.15, -0.1) is 0 Å². The van der Waals surface area contributed by atoms with Crippen LogP contribution in [0.5, 0.6) is 0 Å². The molecule has 9 aromatic carbocycles. The van der Waals surface area contributed by atoms with Crippen LogP contribution in [0.15, 0.2) is 194 Å². The SMILES string of the molecule is CCc1ccccc1C.Cc1cc(C)c(C)c(C)c1.Cc1cc(C)cc(C)c1.Cc1ccc(C)c(C)c1.Cc1ccc(C)cc1.Cc1cccc(C)c1.Cc1cccc(C)c1C.Cc1ccccc1.Cc1ccccc1C. The zero-order valence-electron chi connectivity index (χ0n) is 52.2. The predicted molar refractivity (Wildman–Crippen MR) is 347 cm³/mol. The van der Waals surface area contributed by atoms with Gasteiger partial charge < -0.3 is 0 Å². The van der Waals surface area contributed by atoms with Gasteiger partial charge in [0.2, 0.25) is 0 Å². The third-order valence-electron chi connectivity index (χ3n) is 13.4. The molecule has 9 aromatic rings. The zero-order chi connectivity index (χ0) is 58.0. The molecule has 0 saturated carbocycles. The summed E-state index contributed by atoms with van der Waals surface area (Å²) in [6, 6.07) is 67.9. The number of rotatable bonds is 1. The first-order valence-electron chi connectivity index (χ1n) is 27.6. The highest BCUT2D eigenvalue weighted by molar-refractivity contribution is 5.36. The van der Waals surface area contributed by atoms with Gasteiger partial charge in [-0.1, -0.05) is 257 Å². The summed E-state index contributed by atoms with van der Waals surface area (Å²) in [6.07, 6.45) is 1.15. The predicted octanol–water partition coefficient (Wildman–Crippen LogP) is 22.2. The molecule has 408 valence electrons. The van der Waals surface area contributed by atoms with E-state index in [1.165, 1.54) is 122 Å². The summed E-state index contributed by atoms with van der Waals surface area (Å²) in [7, 11) is 0. The van der Waals surface area contributed by atoms with Crippen LogP contribution in [-0.4, -0.2) is 0 Å². The molecule has 0 bridgehead atoms. The molecule has 77 heavy (non-hydrogen) atoms. The van der Waals surface area contributed by atoms with Crippen molar-refractivity contribution in [3.63, 3.8) is 0 Å². The van der Waals surface area contributed by atoms with Crippen molar-refractivity contribution in [3.05, 3.63) is 317 Å². The number of aryl methyl sites for hydroxylation is 20. The van der Waals surface area contributed by atoms with Crippen LogP contribution in [0.4, 0.5) is 0 Å². The number of hydrogen-bond donors (Lipinski definition) is 0. The van der Waals surface area contributed by atoms with Crippen LogP contribution < -0.4 is 0 Å². The van der Waals surface area contributed by atoms with E-state index in [0.29, 0.717) is 0 Å². The summed E-state index contributed by atoms with van der Waals surface area (Å²) in [5.74, 6) is 0. The van der Waals surface area contributed by atoms with E-state index in [0.717, 1.165) is 6.42 Å². The van der Waals surface area contributed by atoms with Gasteiger partial charge in [-0.2, -0.15) is 0 Å². The third kappa shape index (κ3) is 31.0. The van der Waals surface area contributed by atoms with Crippen LogP contribution in [0, 0.1) is 145 Å². The molecule has 0 nitrogen and oxygen atoms in total. The quantitative estimate of drug-likeness (QED) is 0.154. The molecule has 0 unspecified atom stereocenters. The zero-order valence-corrected chi connectivity index (χ0v) is 52.2. The smallest absolute Gasteiger partial charge is 0.0305 e. The van der Waals surface area contributed by atoms with E-state index >= 15 is 0 Å². The molecule has 0 atom stereocenters. The summed E-state index contributed by atoms with van der Waals surface area (Å²) in [6.45, 7) is 46.9. The van der Waals surface area contributed by atoms with Gasteiger partial charge in [0.25, 0.3) is 0 Å². The highest BCUT2D eigenvalue weighted by Gasteiger charge is 1.97. The molecule has 0 fully saturated rings. The van der Waals surface area contributed by atoms with Crippen molar-refractivity contribution in [1.82, 2.24) is 0 Å². The molecule has 0 N–H and O–H groups in total. The minimum atomic E-state index is 1.15. The Balaban J connectivity index is 0.000000434. The van der Waals surface area contributed by atoms with Gasteiger partial charge in [-0.25, -0.2) is 0 Å². The molecule has 0 amide bonds.